The molecule has 94 valence electrons. The quantitative estimate of drug-likeness (QED) is 0.859. The Labute approximate surface area is 103 Å². The van der Waals surface area contributed by atoms with Gasteiger partial charge in [-0.15, -0.1) is 0 Å². The van der Waals surface area contributed by atoms with E-state index in [1.807, 2.05) is 0 Å². The Balaban J connectivity index is 2.30. The number of rotatable bonds is 2. The fraction of sp³-hybridized carbons (Fsp3) is 0.500. The van der Waals surface area contributed by atoms with Crippen molar-refractivity contribution < 1.29 is 13.2 Å². The molecule has 1 aliphatic rings. The summed E-state index contributed by atoms with van der Waals surface area (Å²) >= 11 is 5.89. The van der Waals surface area contributed by atoms with Crippen molar-refractivity contribution in [2.75, 3.05) is 6.54 Å². The molecule has 0 bridgehead atoms. The van der Waals surface area contributed by atoms with Crippen molar-refractivity contribution in [3.8, 4) is 0 Å². The highest BCUT2D eigenvalue weighted by Crippen LogP contribution is 2.36. The maximum Gasteiger partial charge on any atom is 0.416 e. The van der Waals surface area contributed by atoms with Gasteiger partial charge in [0.25, 0.3) is 0 Å². The molecular formula is C12H13ClF3N. The summed E-state index contributed by atoms with van der Waals surface area (Å²) < 4.78 is 38.5. The Hall–Kier alpha value is -0.740. The molecule has 0 spiro atoms. The Bertz CT molecular complexity index is 397. The first kappa shape index (κ1) is 12.7. The minimum atomic E-state index is -4.33. The van der Waals surface area contributed by atoms with Crippen LogP contribution in [-0.4, -0.2) is 12.6 Å². The van der Waals surface area contributed by atoms with E-state index in [4.69, 9.17) is 11.6 Å². The normalized spacial score (nSPS) is 20.8. The second-order valence-corrected chi connectivity index (χ2v) is 4.67. The van der Waals surface area contributed by atoms with Crippen molar-refractivity contribution in [3.05, 3.63) is 34.3 Å². The first-order chi connectivity index (χ1) is 7.98. The van der Waals surface area contributed by atoms with Crippen LogP contribution in [0.25, 0.3) is 0 Å². The number of nitrogens with one attached hydrogen (secondary N) is 1. The predicted molar refractivity (Wildman–Crippen MR) is 61.2 cm³/mol. The van der Waals surface area contributed by atoms with E-state index < -0.39 is 11.7 Å². The fourth-order valence-corrected chi connectivity index (χ4v) is 2.46. The minimum Gasteiger partial charge on any atom is -0.314 e. The van der Waals surface area contributed by atoms with E-state index in [0.717, 1.165) is 25.5 Å². The van der Waals surface area contributed by atoms with Gasteiger partial charge in [0.2, 0.25) is 0 Å². The molecule has 1 aromatic carbocycles. The zero-order chi connectivity index (χ0) is 12.5. The Kier molecular flexibility index (Phi) is 3.64. The molecule has 1 unspecified atom stereocenters. The molecule has 1 saturated heterocycles. The van der Waals surface area contributed by atoms with E-state index in [1.54, 1.807) is 0 Å². The lowest BCUT2D eigenvalue weighted by Gasteiger charge is -2.17. The second kappa shape index (κ2) is 4.86. The summed E-state index contributed by atoms with van der Waals surface area (Å²) in [5, 5.41) is 3.39. The smallest absolute Gasteiger partial charge is 0.314 e. The molecule has 1 heterocycles. The van der Waals surface area contributed by atoms with Gasteiger partial charge in [0.05, 0.1) is 5.56 Å². The van der Waals surface area contributed by atoms with Crippen LogP contribution in [0.5, 0.6) is 0 Å². The summed E-state index contributed by atoms with van der Waals surface area (Å²) in [6.07, 6.45) is -2.08. The molecule has 17 heavy (non-hydrogen) atoms. The van der Waals surface area contributed by atoms with Crippen LogP contribution in [0.1, 0.15) is 24.0 Å². The number of alkyl halides is 3. The highest BCUT2D eigenvalue weighted by atomic mass is 35.5. The van der Waals surface area contributed by atoms with Crippen molar-refractivity contribution >= 4 is 11.6 Å². The van der Waals surface area contributed by atoms with E-state index in [0.29, 0.717) is 6.42 Å². The Morgan fingerprint density at radius 1 is 1.35 bits per heavy atom. The van der Waals surface area contributed by atoms with Crippen molar-refractivity contribution in [1.82, 2.24) is 5.32 Å². The Morgan fingerprint density at radius 3 is 2.71 bits per heavy atom. The van der Waals surface area contributed by atoms with Gasteiger partial charge in [-0.2, -0.15) is 13.2 Å². The highest BCUT2D eigenvalue weighted by molar-refractivity contribution is 6.31. The molecule has 1 aliphatic heterocycles. The molecule has 1 atom stereocenters. The summed E-state index contributed by atoms with van der Waals surface area (Å²) in [5.74, 6) is 0. The van der Waals surface area contributed by atoms with E-state index >= 15 is 0 Å². The third-order valence-corrected chi connectivity index (χ3v) is 3.39. The van der Waals surface area contributed by atoms with Gasteiger partial charge >= 0.3 is 6.18 Å². The van der Waals surface area contributed by atoms with E-state index in [1.165, 1.54) is 12.1 Å². The summed E-state index contributed by atoms with van der Waals surface area (Å²) in [5.41, 5.74) is -0.403. The molecule has 1 N–H and O–H groups in total. The second-order valence-electron chi connectivity index (χ2n) is 4.26. The summed E-state index contributed by atoms with van der Waals surface area (Å²) in [6.45, 7) is 0.871. The van der Waals surface area contributed by atoms with Crippen molar-refractivity contribution in [1.29, 1.82) is 0 Å². The van der Waals surface area contributed by atoms with Gasteiger partial charge in [-0.25, -0.2) is 0 Å². The Morgan fingerprint density at radius 2 is 2.12 bits per heavy atom. The zero-order valence-corrected chi connectivity index (χ0v) is 9.91. The number of hydrogen-bond acceptors (Lipinski definition) is 1. The molecule has 1 nitrogen and oxygen atoms in total. The monoisotopic (exact) mass is 263 g/mol. The molecule has 0 aromatic heterocycles. The third-order valence-electron chi connectivity index (χ3n) is 3.04. The molecule has 2 rings (SSSR count). The molecule has 0 radical (unpaired) electrons. The van der Waals surface area contributed by atoms with Gasteiger partial charge in [-0.1, -0.05) is 17.7 Å². The molecule has 1 fully saturated rings. The molecule has 0 saturated carbocycles. The lowest BCUT2D eigenvalue weighted by molar-refractivity contribution is -0.138. The first-order valence-corrected chi connectivity index (χ1v) is 5.94. The van der Waals surface area contributed by atoms with E-state index in [-0.39, 0.29) is 16.6 Å². The molecule has 0 aliphatic carbocycles. The average Bonchev–Trinajstić information content (AvgIpc) is 2.72. The zero-order valence-electron chi connectivity index (χ0n) is 9.15. The van der Waals surface area contributed by atoms with Crippen LogP contribution in [0.2, 0.25) is 5.02 Å². The molecular weight excluding hydrogens is 251 g/mol. The van der Waals surface area contributed by atoms with Gasteiger partial charge < -0.3 is 5.32 Å². The van der Waals surface area contributed by atoms with E-state index in [9.17, 15) is 13.2 Å². The third kappa shape index (κ3) is 2.93. The SMILES string of the molecule is FC(F)(F)c1cccc(Cl)c1CC1CCCN1. The van der Waals surface area contributed by atoms with Crippen LogP contribution < -0.4 is 5.32 Å². The van der Waals surface area contributed by atoms with Crippen molar-refractivity contribution in [3.63, 3.8) is 0 Å². The van der Waals surface area contributed by atoms with Crippen LogP contribution in [0.4, 0.5) is 13.2 Å². The number of halogens is 4. The lowest BCUT2D eigenvalue weighted by Crippen LogP contribution is -2.25. The number of hydrogen-bond donors (Lipinski definition) is 1. The van der Waals surface area contributed by atoms with Crippen LogP contribution >= 0.6 is 11.6 Å². The number of benzene rings is 1. The molecule has 1 aromatic rings. The van der Waals surface area contributed by atoms with Gasteiger partial charge in [-0.05, 0) is 43.5 Å². The van der Waals surface area contributed by atoms with Crippen LogP contribution in [-0.2, 0) is 12.6 Å². The van der Waals surface area contributed by atoms with Gasteiger partial charge in [0, 0.05) is 11.1 Å². The maximum atomic E-state index is 12.8. The fourth-order valence-electron chi connectivity index (χ4n) is 2.21. The summed E-state index contributed by atoms with van der Waals surface area (Å²) in [4.78, 5) is 0. The molecule has 5 heteroatoms. The van der Waals surface area contributed by atoms with Crippen LogP contribution in [0.3, 0.4) is 0 Å². The maximum absolute atomic E-state index is 12.8. The lowest BCUT2D eigenvalue weighted by atomic mass is 9.99. The minimum absolute atomic E-state index is 0.107. The summed E-state index contributed by atoms with van der Waals surface area (Å²) in [6, 6.07) is 4.06. The predicted octanol–water partition coefficient (Wildman–Crippen LogP) is 3.65. The standard InChI is InChI=1S/C12H13ClF3N/c13-11-5-1-4-10(12(14,15)16)9(11)7-8-3-2-6-17-8/h1,4-5,8,17H,2-3,6-7H2. The van der Waals surface area contributed by atoms with Crippen LogP contribution in [0, 0.1) is 0 Å². The van der Waals surface area contributed by atoms with Gasteiger partial charge in [-0.3, -0.25) is 0 Å². The highest BCUT2D eigenvalue weighted by Gasteiger charge is 2.34. The van der Waals surface area contributed by atoms with Crippen molar-refractivity contribution in [2.45, 2.75) is 31.5 Å². The first-order valence-electron chi connectivity index (χ1n) is 5.56. The van der Waals surface area contributed by atoms with E-state index in [2.05, 4.69) is 5.32 Å². The van der Waals surface area contributed by atoms with Gasteiger partial charge in [0.1, 0.15) is 0 Å². The largest absolute Gasteiger partial charge is 0.416 e. The molecule has 0 amide bonds. The summed E-state index contributed by atoms with van der Waals surface area (Å²) in [7, 11) is 0. The van der Waals surface area contributed by atoms with Crippen molar-refractivity contribution in [2.24, 2.45) is 0 Å². The topological polar surface area (TPSA) is 12.0 Å². The van der Waals surface area contributed by atoms with Gasteiger partial charge in [0.15, 0.2) is 0 Å². The average molecular weight is 264 g/mol. The van der Waals surface area contributed by atoms with Crippen LogP contribution in [0.15, 0.2) is 18.2 Å².